The Labute approximate surface area is 149 Å². The average Bonchev–Trinajstić information content (AvgIpc) is 3.40. The second-order valence-corrected chi connectivity index (χ2v) is 6.12. The van der Waals surface area contributed by atoms with Crippen molar-refractivity contribution >= 4 is 23.1 Å². The molecule has 7 heteroatoms. The van der Waals surface area contributed by atoms with Crippen LogP contribution >= 0.6 is 0 Å². The third kappa shape index (κ3) is 3.56. The second-order valence-electron chi connectivity index (χ2n) is 6.12. The number of aliphatic imine (C=N–C) groups is 1. The van der Waals surface area contributed by atoms with Crippen molar-refractivity contribution in [1.82, 2.24) is 0 Å². The standard InChI is InChI=1S/C19H18F2N4O/c20-14-4-2-1-3-13(14)19(8-9-19)18(26)25-17(23)7-10-24-12-5-6-16(22)15(21)11-12/h1-7,10-11,24H,8-9,22H2,(H2,23,25,26)/b10-7-. The maximum atomic E-state index is 14.0. The smallest absolute Gasteiger partial charge is 0.258 e. The number of nitrogen functional groups attached to an aromatic ring is 1. The molecule has 26 heavy (non-hydrogen) atoms. The number of carbonyl (C=O) groups is 1. The summed E-state index contributed by atoms with van der Waals surface area (Å²) < 4.78 is 27.3. The van der Waals surface area contributed by atoms with Crippen molar-refractivity contribution in [2.75, 3.05) is 11.1 Å². The van der Waals surface area contributed by atoms with Gasteiger partial charge in [-0.05, 0) is 43.2 Å². The number of hydrogen-bond donors (Lipinski definition) is 3. The minimum Gasteiger partial charge on any atom is -0.396 e. The zero-order valence-electron chi connectivity index (χ0n) is 13.9. The third-order valence-corrected chi connectivity index (χ3v) is 4.28. The quantitative estimate of drug-likeness (QED) is 0.436. The van der Waals surface area contributed by atoms with E-state index in [0.717, 1.165) is 0 Å². The van der Waals surface area contributed by atoms with Gasteiger partial charge in [-0.1, -0.05) is 18.2 Å². The first-order chi connectivity index (χ1) is 12.4. The van der Waals surface area contributed by atoms with Crippen molar-refractivity contribution in [3.8, 4) is 0 Å². The summed E-state index contributed by atoms with van der Waals surface area (Å²) in [6.45, 7) is 0. The summed E-state index contributed by atoms with van der Waals surface area (Å²) in [7, 11) is 0. The molecule has 5 N–H and O–H groups in total. The summed E-state index contributed by atoms with van der Waals surface area (Å²) >= 11 is 0. The van der Waals surface area contributed by atoms with E-state index in [9.17, 15) is 13.6 Å². The van der Waals surface area contributed by atoms with Crippen molar-refractivity contribution in [2.24, 2.45) is 10.7 Å². The monoisotopic (exact) mass is 356 g/mol. The van der Waals surface area contributed by atoms with Gasteiger partial charge in [0.05, 0.1) is 11.1 Å². The number of amidine groups is 1. The number of carbonyl (C=O) groups excluding carboxylic acids is 1. The lowest BCUT2D eigenvalue weighted by molar-refractivity contribution is -0.120. The number of nitrogens with two attached hydrogens (primary N) is 2. The normalized spacial score (nSPS) is 15.8. The summed E-state index contributed by atoms with van der Waals surface area (Å²) in [5.74, 6) is -1.46. The highest BCUT2D eigenvalue weighted by Gasteiger charge is 2.52. The highest BCUT2D eigenvalue weighted by molar-refractivity contribution is 6.04. The summed E-state index contributed by atoms with van der Waals surface area (Å²) in [5.41, 5.74) is 11.1. The van der Waals surface area contributed by atoms with Crippen LogP contribution in [-0.4, -0.2) is 11.7 Å². The van der Waals surface area contributed by atoms with Crippen molar-refractivity contribution in [2.45, 2.75) is 18.3 Å². The largest absolute Gasteiger partial charge is 0.396 e. The van der Waals surface area contributed by atoms with Crippen LogP contribution in [0, 0.1) is 11.6 Å². The molecule has 1 fully saturated rings. The van der Waals surface area contributed by atoms with E-state index >= 15 is 0 Å². The molecule has 0 radical (unpaired) electrons. The first-order valence-corrected chi connectivity index (χ1v) is 8.04. The fourth-order valence-corrected chi connectivity index (χ4v) is 2.67. The van der Waals surface area contributed by atoms with Crippen LogP contribution in [0.3, 0.4) is 0 Å². The van der Waals surface area contributed by atoms with Crippen LogP contribution in [0.4, 0.5) is 20.2 Å². The van der Waals surface area contributed by atoms with Gasteiger partial charge in [-0.2, -0.15) is 4.99 Å². The Morgan fingerprint density at radius 1 is 1.15 bits per heavy atom. The van der Waals surface area contributed by atoms with E-state index in [-0.39, 0.29) is 11.5 Å². The Bertz CT molecular complexity index is 904. The molecular weight excluding hydrogens is 338 g/mol. The molecule has 1 aliphatic carbocycles. The number of rotatable bonds is 5. The second kappa shape index (κ2) is 6.95. The third-order valence-electron chi connectivity index (χ3n) is 4.28. The van der Waals surface area contributed by atoms with Crippen LogP contribution in [0.2, 0.25) is 0 Å². The minimum atomic E-state index is -0.919. The summed E-state index contributed by atoms with van der Waals surface area (Å²) in [6.07, 6.45) is 3.88. The first kappa shape index (κ1) is 17.6. The van der Waals surface area contributed by atoms with Crippen molar-refractivity contribution in [1.29, 1.82) is 0 Å². The molecule has 0 aromatic heterocycles. The molecular formula is C19H18F2N4O. The van der Waals surface area contributed by atoms with Crippen molar-refractivity contribution < 1.29 is 13.6 Å². The molecule has 5 nitrogen and oxygen atoms in total. The molecule has 0 unspecified atom stereocenters. The minimum absolute atomic E-state index is 0.0268. The van der Waals surface area contributed by atoms with E-state index in [0.29, 0.717) is 24.1 Å². The Hall–Kier alpha value is -3.22. The topological polar surface area (TPSA) is 93.5 Å². The fraction of sp³-hybridized carbons (Fsp3) is 0.158. The van der Waals surface area contributed by atoms with Gasteiger partial charge in [0, 0.05) is 17.5 Å². The van der Waals surface area contributed by atoms with Crippen LogP contribution in [0.15, 0.2) is 59.7 Å². The number of amides is 1. The fourth-order valence-electron chi connectivity index (χ4n) is 2.67. The van der Waals surface area contributed by atoms with Crippen LogP contribution in [-0.2, 0) is 10.2 Å². The molecule has 0 heterocycles. The molecule has 0 spiro atoms. The van der Waals surface area contributed by atoms with E-state index in [1.54, 1.807) is 24.3 Å². The SMILES string of the molecule is NC(/C=C\Nc1ccc(N)c(F)c1)=NC(=O)C1(c2ccccc2F)CC1. The molecule has 2 aromatic carbocycles. The van der Waals surface area contributed by atoms with Gasteiger partial charge in [0.2, 0.25) is 0 Å². The molecule has 1 amide bonds. The number of halogens is 2. The van der Waals surface area contributed by atoms with E-state index in [1.807, 2.05) is 0 Å². The Kier molecular flexibility index (Phi) is 4.71. The van der Waals surface area contributed by atoms with Gasteiger partial charge in [0.15, 0.2) is 0 Å². The van der Waals surface area contributed by atoms with Gasteiger partial charge in [0.25, 0.3) is 5.91 Å². The maximum Gasteiger partial charge on any atom is 0.258 e. The van der Waals surface area contributed by atoms with E-state index in [2.05, 4.69) is 10.3 Å². The van der Waals surface area contributed by atoms with Crippen LogP contribution < -0.4 is 16.8 Å². The number of benzene rings is 2. The van der Waals surface area contributed by atoms with E-state index < -0.39 is 23.0 Å². The lowest BCUT2D eigenvalue weighted by Gasteiger charge is -2.12. The molecule has 3 rings (SSSR count). The summed E-state index contributed by atoms with van der Waals surface area (Å²) in [4.78, 5) is 16.3. The van der Waals surface area contributed by atoms with Crippen LogP contribution in [0.1, 0.15) is 18.4 Å². The maximum absolute atomic E-state index is 14.0. The highest BCUT2D eigenvalue weighted by atomic mass is 19.1. The van der Waals surface area contributed by atoms with Gasteiger partial charge in [-0.3, -0.25) is 4.79 Å². The van der Waals surface area contributed by atoms with Gasteiger partial charge in [0.1, 0.15) is 17.5 Å². The van der Waals surface area contributed by atoms with Gasteiger partial charge in [-0.25, -0.2) is 8.78 Å². The number of hydrogen-bond acceptors (Lipinski definition) is 3. The van der Waals surface area contributed by atoms with Crippen LogP contribution in [0.25, 0.3) is 0 Å². The van der Waals surface area contributed by atoms with E-state index in [1.165, 1.54) is 30.5 Å². The lowest BCUT2D eigenvalue weighted by atomic mass is 9.94. The van der Waals surface area contributed by atoms with Crippen molar-refractivity contribution in [3.05, 3.63) is 71.9 Å². The molecule has 0 aliphatic heterocycles. The molecule has 2 aromatic rings. The summed E-state index contributed by atoms with van der Waals surface area (Å²) in [6, 6.07) is 10.4. The van der Waals surface area contributed by atoms with E-state index in [4.69, 9.17) is 11.5 Å². The predicted molar refractivity (Wildman–Crippen MR) is 97.5 cm³/mol. The van der Waals surface area contributed by atoms with Crippen molar-refractivity contribution in [3.63, 3.8) is 0 Å². The zero-order chi connectivity index (χ0) is 18.7. The average molecular weight is 356 g/mol. The van der Waals surface area contributed by atoms with Gasteiger partial charge >= 0.3 is 0 Å². The first-order valence-electron chi connectivity index (χ1n) is 8.04. The molecule has 134 valence electrons. The summed E-state index contributed by atoms with van der Waals surface area (Å²) in [5, 5.41) is 2.80. The van der Waals surface area contributed by atoms with Gasteiger partial charge in [-0.15, -0.1) is 0 Å². The number of nitrogens with zero attached hydrogens (tertiary/aromatic N) is 1. The molecule has 1 aliphatic rings. The lowest BCUT2D eigenvalue weighted by Crippen LogP contribution is -2.23. The molecule has 1 saturated carbocycles. The highest BCUT2D eigenvalue weighted by Crippen LogP contribution is 2.50. The Balaban J connectivity index is 1.68. The van der Waals surface area contributed by atoms with Crippen LogP contribution in [0.5, 0.6) is 0 Å². The molecule has 0 saturated heterocycles. The Morgan fingerprint density at radius 2 is 1.88 bits per heavy atom. The Morgan fingerprint density at radius 3 is 2.54 bits per heavy atom. The number of nitrogens with one attached hydrogen (secondary N) is 1. The predicted octanol–water partition coefficient (Wildman–Crippen LogP) is 3.09. The zero-order valence-corrected chi connectivity index (χ0v) is 13.9. The van der Waals surface area contributed by atoms with Gasteiger partial charge < -0.3 is 16.8 Å². The molecule has 0 atom stereocenters. The number of anilines is 2. The molecule has 0 bridgehead atoms.